The fourth-order valence-corrected chi connectivity index (χ4v) is 1.46. The number of thioether (sulfide) groups is 1. The first-order chi connectivity index (χ1) is 8.19. The molecule has 17 heavy (non-hydrogen) atoms. The van der Waals surface area contributed by atoms with Gasteiger partial charge in [-0.25, -0.2) is 4.98 Å². The van der Waals surface area contributed by atoms with Crippen LogP contribution in [0.1, 0.15) is 6.92 Å². The van der Waals surface area contributed by atoms with E-state index in [9.17, 15) is 10.1 Å². The van der Waals surface area contributed by atoms with Gasteiger partial charge in [-0.2, -0.15) is 16.7 Å². The predicted molar refractivity (Wildman–Crippen MR) is 69.7 cm³/mol. The number of nitrogens with one attached hydrogen (secondary N) is 2. The first kappa shape index (κ1) is 13.5. The summed E-state index contributed by atoms with van der Waals surface area (Å²) in [5, 5.41) is 16.6. The van der Waals surface area contributed by atoms with Crippen molar-refractivity contribution in [1.29, 1.82) is 0 Å². The van der Waals surface area contributed by atoms with Crippen molar-refractivity contribution in [3.8, 4) is 0 Å². The summed E-state index contributed by atoms with van der Waals surface area (Å²) in [7, 11) is 0. The van der Waals surface area contributed by atoms with Gasteiger partial charge in [0.25, 0.3) is 0 Å². The topological polar surface area (TPSA) is 93.0 Å². The molecule has 0 amide bonds. The molecule has 0 unspecified atom stereocenters. The van der Waals surface area contributed by atoms with Crippen molar-refractivity contribution < 1.29 is 4.92 Å². The van der Waals surface area contributed by atoms with Crippen molar-refractivity contribution in [1.82, 2.24) is 9.97 Å². The number of rotatable bonds is 7. The second-order valence-corrected chi connectivity index (χ2v) is 4.12. The van der Waals surface area contributed by atoms with E-state index in [4.69, 9.17) is 0 Å². The Hall–Kier alpha value is -1.57. The molecule has 0 radical (unpaired) electrons. The number of anilines is 2. The van der Waals surface area contributed by atoms with Crippen LogP contribution in [0.15, 0.2) is 6.20 Å². The molecule has 1 rings (SSSR count). The molecule has 0 aromatic carbocycles. The van der Waals surface area contributed by atoms with Crippen molar-refractivity contribution in [2.24, 2.45) is 0 Å². The standard InChI is InChI=1S/C9H15N5O2S/c1-3-10-9-12-6-7(14(15)16)8(13-9)11-4-5-17-2/h6H,3-5H2,1-2H3,(H2,10,11,12,13). The van der Waals surface area contributed by atoms with Crippen LogP contribution in [0.3, 0.4) is 0 Å². The highest BCUT2D eigenvalue weighted by Crippen LogP contribution is 2.21. The maximum Gasteiger partial charge on any atom is 0.329 e. The van der Waals surface area contributed by atoms with Gasteiger partial charge >= 0.3 is 5.69 Å². The van der Waals surface area contributed by atoms with Crippen LogP contribution in [0, 0.1) is 10.1 Å². The predicted octanol–water partition coefficient (Wildman–Crippen LogP) is 1.59. The van der Waals surface area contributed by atoms with Crippen LogP contribution < -0.4 is 10.6 Å². The second kappa shape index (κ2) is 6.89. The molecule has 7 nitrogen and oxygen atoms in total. The van der Waals surface area contributed by atoms with E-state index in [1.54, 1.807) is 11.8 Å². The van der Waals surface area contributed by atoms with Crippen LogP contribution in [0.5, 0.6) is 0 Å². The Labute approximate surface area is 104 Å². The SMILES string of the molecule is CCNc1ncc([N+](=O)[O-])c(NCCSC)n1. The number of hydrogen-bond donors (Lipinski definition) is 2. The summed E-state index contributed by atoms with van der Waals surface area (Å²) in [6.07, 6.45) is 3.19. The molecule has 1 heterocycles. The lowest BCUT2D eigenvalue weighted by Gasteiger charge is -2.07. The van der Waals surface area contributed by atoms with Crippen molar-refractivity contribution in [2.75, 3.05) is 35.7 Å². The molecule has 1 aromatic heterocycles. The minimum atomic E-state index is -0.489. The molecule has 1 aromatic rings. The molecule has 0 saturated heterocycles. The Morgan fingerprint density at radius 3 is 2.88 bits per heavy atom. The molecule has 0 aliphatic rings. The zero-order valence-electron chi connectivity index (χ0n) is 9.77. The molecular weight excluding hydrogens is 242 g/mol. The van der Waals surface area contributed by atoms with Crippen molar-refractivity contribution in [2.45, 2.75) is 6.92 Å². The van der Waals surface area contributed by atoms with Gasteiger partial charge in [-0.05, 0) is 13.2 Å². The van der Waals surface area contributed by atoms with Crippen LogP contribution in [-0.4, -0.2) is 40.0 Å². The summed E-state index contributed by atoms with van der Waals surface area (Å²) in [6.45, 7) is 3.21. The molecule has 0 spiro atoms. The van der Waals surface area contributed by atoms with Crippen LogP contribution >= 0.6 is 11.8 Å². The summed E-state index contributed by atoms with van der Waals surface area (Å²) in [5.74, 6) is 1.51. The second-order valence-electron chi connectivity index (χ2n) is 3.13. The quantitative estimate of drug-likeness (QED) is 0.435. The Balaban J connectivity index is 2.86. The zero-order chi connectivity index (χ0) is 12.7. The Kier molecular flexibility index (Phi) is 5.47. The first-order valence-electron chi connectivity index (χ1n) is 5.17. The van der Waals surface area contributed by atoms with E-state index in [-0.39, 0.29) is 11.5 Å². The van der Waals surface area contributed by atoms with Gasteiger partial charge in [0, 0.05) is 18.8 Å². The van der Waals surface area contributed by atoms with Gasteiger partial charge in [0.1, 0.15) is 6.20 Å². The smallest absolute Gasteiger partial charge is 0.329 e. The lowest BCUT2D eigenvalue weighted by Crippen LogP contribution is -2.11. The third-order valence-electron chi connectivity index (χ3n) is 1.90. The van der Waals surface area contributed by atoms with E-state index in [0.717, 1.165) is 5.75 Å². The number of aromatic nitrogens is 2. The summed E-state index contributed by atoms with van der Waals surface area (Å²) >= 11 is 1.66. The zero-order valence-corrected chi connectivity index (χ0v) is 10.6. The summed E-state index contributed by atoms with van der Waals surface area (Å²) in [4.78, 5) is 18.2. The minimum absolute atomic E-state index is 0.104. The van der Waals surface area contributed by atoms with Crippen molar-refractivity contribution in [3.63, 3.8) is 0 Å². The fourth-order valence-electron chi connectivity index (χ4n) is 1.15. The van der Waals surface area contributed by atoms with Crippen molar-refractivity contribution in [3.05, 3.63) is 16.3 Å². The Morgan fingerprint density at radius 2 is 2.29 bits per heavy atom. The highest BCUT2D eigenvalue weighted by molar-refractivity contribution is 7.98. The summed E-state index contributed by atoms with van der Waals surface area (Å²) < 4.78 is 0. The molecule has 0 aliphatic carbocycles. The first-order valence-corrected chi connectivity index (χ1v) is 6.56. The van der Waals surface area contributed by atoms with E-state index in [1.165, 1.54) is 6.20 Å². The fraction of sp³-hybridized carbons (Fsp3) is 0.556. The van der Waals surface area contributed by atoms with Gasteiger partial charge in [-0.3, -0.25) is 10.1 Å². The normalized spacial score (nSPS) is 10.0. The molecule has 0 atom stereocenters. The summed E-state index contributed by atoms with van der Waals surface area (Å²) in [5.41, 5.74) is -0.104. The number of nitro groups is 1. The van der Waals surface area contributed by atoms with Gasteiger partial charge in [0.2, 0.25) is 11.8 Å². The maximum atomic E-state index is 10.8. The van der Waals surface area contributed by atoms with Crippen LogP contribution in [0.2, 0.25) is 0 Å². The lowest BCUT2D eigenvalue weighted by atomic mass is 10.4. The third-order valence-corrected chi connectivity index (χ3v) is 2.51. The molecule has 0 aliphatic heterocycles. The lowest BCUT2D eigenvalue weighted by molar-refractivity contribution is -0.384. The largest absolute Gasteiger partial charge is 0.363 e. The average molecular weight is 257 g/mol. The highest BCUT2D eigenvalue weighted by Gasteiger charge is 2.16. The minimum Gasteiger partial charge on any atom is -0.363 e. The van der Waals surface area contributed by atoms with Crippen molar-refractivity contribution >= 4 is 29.2 Å². The Bertz CT molecular complexity index is 388. The Morgan fingerprint density at radius 1 is 1.53 bits per heavy atom. The van der Waals surface area contributed by atoms with E-state index >= 15 is 0 Å². The molecular formula is C9H15N5O2S. The highest BCUT2D eigenvalue weighted by atomic mass is 32.2. The van der Waals surface area contributed by atoms with Gasteiger partial charge in [-0.15, -0.1) is 0 Å². The summed E-state index contributed by atoms with van der Waals surface area (Å²) in [6, 6.07) is 0. The van der Waals surface area contributed by atoms with E-state index < -0.39 is 4.92 Å². The van der Waals surface area contributed by atoms with E-state index in [2.05, 4.69) is 20.6 Å². The van der Waals surface area contributed by atoms with Gasteiger partial charge < -0.3 is 10.6 Å². The van der Waals surface area contributed by atoms with Gasteiger partial charge in [0.05, 0.1) is 4.92 Å². The van der Waals surface area contributed by atoms with E-state index in [0.29, 0.717) is 19.0 Å². The third kappa shape index (κ3) is 4.06. The number of nitrogens with zero attached hydrogens (tertiary/aromatic N) is 3. The molecule has 8 heteroatoms. The average Bonchev–Trinajstić information content (AvgIpc) is 2.30. The molecule has 2 N–H and O–H groups in total. The van der Waals surface area contributed by atoms with Crippen LogP contribution in [-0.2, 0) is 0 Å². The van der Waals surface area contributed by atoms with Crippen LogP contribution in [0.25, 0.3) is 0 Å². The van der Waals surface area contributed by atoms with Gasteiger partial charge in [0.15, 0.2) is 0 Å². The molecule has 94 valence electrons. The monoisotopic (exact) mass is 257 g/mol. The number of hydrogen-bond acceptors (Lipinski definition) is 7. The van der Waals surface area contributed by atoms with Gasteiger partial charge in [-0.1, -0.05) is 0 Å². The van der Waals surface area contributed by atoms with E-state index in [1.807, 2.05) is 13.2 Å². The molecule has 0 bridgehead atoms. The molecule has 0 fully saturated rings. The van der Waals surface area contributed by atoms with Crippen LogP contribution in [0.4, 0.5) is 17.5 Å². The maximum absolute atomic E-state index is 10.8. The molecule has 0 saturated carbocycles.